The standard InChI is InChI=1S/C22H14S2/c1-2-4-18-14-22-19(12-17(18)3-1)13-20(24-22)8-6-15-5-7-16-9-10-23-21(16)11-15/h1-14H/b8-6+. The fourth-order valence-corrected chi connectivity index (χ4v) is 4.92. The lowest BCUT2D eigenvalue weighted by atomic mass is 10.1. The molecule has 0 aliphatic carbocycles. The molecule has 0 saturated carbocycles. The number of benzene rings is 3. The van der Waals surface area contributed by atoms with E-state index in [-0.39, 0.29) is 0 Å². The minimum Gasteiger partial charge on any atom is -0.144 e. The highest BCUT2D eigenvalue weighted by molar-refractivity contribution is 7.20. The van der Waals surface area contributed by atoms with E-state index in [4.69, 9.17) is 0 Å². The van der Waals surface area contributed by atoms with Crippen LogP contribution in [0, 0.1) is 0 Å². The molecule has 2 heteroatoms. The first kappa shape index (κ1) is 14.0. The van der Waals surface area contributed by atoms with E-state index < -0.39 is 0 Å². The van der Waals surface area contributed by atoms with Crippen LogP contribution in [0.3, 0.4) is 0 Å². The van der Waals surface area contributed by atoms with Crippen molar-refractivity contribution in [2.45, 2.75) is 0 Å². The van der Waals surface area contributed by atoms with Crippen LogP contribution in [0.4, 0.5) is 0 Å². The summed E-state index contributed by atoms with van der Waals surface area (Å²) in [6.45, 7) is 0. The summed E-state index contributed by atoms with van der Waals surface area (Å²) in [4.78, 5) is 1.30. The van der Waals surface area contributed by atoms with Gasteiger partial charge in [0.2, 0.25) is 0 Å². The van der Waals surface area contributed by atoms with Crippen molar-refractivity contribution in [1.29, 1.82) is 0 Å². The Morgan fingerprint density at radius 1 is 0.625 bits per heavy atom. The van der Waals surface area contributed by atoms with Crippen LogP contribution in [-0.4, -0.2) is 0 Å². The molecule has 114 valence electrons. The summed E-state index contributed by atoms with van der Waals surface area (Å²) in [5, 5.41) is 7.42. The fraction of sp³-hybridized carbons (Fsp3) is 0. The second kappa shape index (κ2) is 5.59. The number of rotatable bonds is 2. The molecule has 0 aliphatic rings. The van der Waals surface area contributed by atoms with E-state index >= 15 is 0 Å². The average molecular weight is 342 g/mol. The quantitative estimate of drug-likeness (QED) is 0.313. The summed E-state index contributed by atoms with van der Waals surface area (Å²) in [7, 11) is 0. The van der Waals surface area contributed by atoms with Crippen molar-refractivity contribution in [3.63, 3.8) is 0 Å². The number of hydrogen-bond donors (Lipinski definition) is 0. The highest BCUT2D eigenvalue weighted by Crippen LogP contribution is 2.31. The Hall–Kier alpha value is -2.42. The maximum absolute atomic E-state index is 2.30. The van der Waals surface area contributed by atoms with Gasteiger partial charge in [-0.15, -0.1) is 22.7 Å². The Kier molecular flexibility index (Phi) is 3.25. The van der Waals surface area contributed by atoms with Crippen LogP contribution in [0.1, 0.15) is 10.4 Å². The highest BCUT2D eigenvalue weighted by atomic mass is 32.1. The van der Waals surface area contributed by atoms with E-state index in [1.54, 1.807) is 11.3 Å². The molecule has 2 aromatic heterocycles. The molecule has 24 heavy (non-hydrogen) atoms. The molecule has 0 fully saturated rings. The Morgan fingerprint density at radius 3 is 2.42 bits per heavy atom. The van der Waals surface area contributed by atoms with Crippen LogP contribution in [0.5, 0.6) is 0 Å². The molecule has 5 aromatic rings. The van der Waals surface area contributed by atoms with Crippen LogP contribution in [0.25, 0.3) is 43.1 Å². The lowest BCUT2D eigenvalue weighted by Crippen LogP contribution is -1.70. The predicted octanol–water partition coefficient (Wildman–Crippen LogP) is 7.44. The molecule has 3 aromatic carbocycles. The molecule has 0 N–H and O–H groups in total. The van der Waals surface area contributed by atoms with Gasteiger partial charge in [0.05, 0.1) is 0 Å². The van der Waals surface area contributed by atoms with Crippen molar-refractivity contribution >= 4 is 65.8 Å². The van der Waals surface area contributed by atoms with Crippen LogP contribution in [-0.2, 0) is 0 Å². The molecule has 0 aliphatic heterocycles. The smallest absolute Gasteiger partial charge is 0.0355 e. The fourth-order valence-electron chi connectivity index (χ4n) is 3.08. The van der Waals surface area contributed by atoms with Crippen molar-refractivity contribution in [2.75, 3.05) is 0 Å². The van der Waals surface area contributed by atoms with E-state index in [0.29, 0.717) is 0 Å². The zero-order valence-electron chi connectivity index (χ0n) is 12.9. The van der Waals surface area contributed by atoms with Gasteiger partial charge in [-0.2, -0.15) is 0 Å². The summed E-state index contributed by atoms with van der Waals surface area (Å²) in [5.41, 5.74) is 1.26. The van der Waals surface area contributed by atoms with E-state index in [1.807, 2.05) is 11.3 Å². The Balaban J connectivity index is 1.54. The van der Waals surface area contributed by atoms with Gasteiger partial charge in [0.15, 0.2) is 0 Å². The molecule has 0 radical (unpaired) electrons. The molecular weight excluding hydrogens is 328 g/mol. The zero-order valence-corrected chi connectivity index (χ0v) is 14.5. The van der Waals surface area contributed by atoms with Gasteiger partial charge in [0.25, 0.3) is 0 Å². The Morgan fingerprint density at radius 2 is 1.50 bits per heavy atom. The third-order valence-corrected chi connectivity index (χ3v) is 6.27. The van der Waals surface area contributed by atoms with Crippen molar-refractivity contribution in [2.24, 2.45) is 0 Å². The van der Waals surface area contributed by atoms with Crippen molar-refractivity contribution < 1.29 is 0 Å². The van der Waals surface area contributed by atoms with Crippen molar-refractivity contribution in [1.82, 2.24) is 0 Å². The van der Waals surface area contributed by atoms with E-state index in [1.165, 1.54) is 41.4 Å². The zero-order chi connectivity index (χ0) is 15.9. The second-order valence-corrected chi connectivity index (χ2v) is 8.00. The minimum atomic E-state index is 1.26. The number of hydrogen-bond acceptors (Lipinski definition) is 2. The molecule has 0 amide bonds. The maximum atomic E-state index is 2.30. The predicted molar refractivity (Wildman–Crippen MR) is 110 cm³/mol. The molecule has 0 atom stereocenters. The molecule has 0 nitrogen and oxygen atoms in total. The van der Waals surface area contributed by atoms with Crippen LogP contribution in [0.2, 0.25) is 0 Å². The van der Waals surface area contributed by atoms with Gasteiger partial charge in [-0.3, -0.25) is 0 Å². The molecule has 0 spiro atoms. The lowest BCUT2D eigenvalue weighted by Gasteiger charge is -1.96. The van der Waals surface area contributed by atoms with Crippen LogP contribution in [0.15, 0.2) is 72.1 Å². The summed E-state index contributed by atoms with van der Waals surface area (Å²) < 4.78 is 2.70. The van der Waals surface area contributed by atoms with Crippen molar-refractivity contribution in [3.05, 3.63) is 82.6 Å². The molecule has 5 rings (SSSR count). The van der Waals surface area contributed by atoms with E-state index in [9.17, 15) is 0 Å². The normalized spacial score (nSPS) is 12.0. The van der Waals surface area contributed by atoms with Crippen LogP contribution >= 0.6 is 22.7 Å². The largest absolute Gasteiger partial charge is 0.144 e. The van der Waals surface area contributed by atoms with Gasteiger partial charge in [0, 0.05) is 14.3 Å². The molecule has 0 saturated heterocycles. The minimum absolute atomic E-state index is 1.26. The molecule has 0 bridgehead atoms. The topological polar surface area (TPSA) is 0 Å². The van der Waals surface area contributed by atoms with Gasteiger partial charge < -0.3 is 0 Å². The molecule has 2 heterocycles. The summed E-state index contributed by atoms with van der Waals surface area (Å²) in [5.74, 6) is 0. The Bertz CT molecular complexity index is 1150. The van der Waals surface area contributed by atoms with Gasteiger partial charge in [0.1, 0.15) is 0 Å². The Labute approximate surface area is 148 Å². The number of fused-ring (bicyclic) bond motifs is 3. The van der Waals surface area contributed by atoms with Gasteiger partial charge >= 0.3 is 0 Å². The van der Waals surface area contributed by atoms with Gasteiger partial charge in [-0.1, -0.05) is 42.5 Å². The van der Waals surface area contributed by atoms with Gasteiger partial charge in [-0.05, 0) is 68.9 Å². The summed E-state index contributed by atoms with van der Waals surface area (Å²) in [6.07, 6.45) is 4.44. The average Bonchev–Trinajstić information content (AvgIpc) is 3.23. The van der Waals surface area contributed by atoms with E-state index in [0.717, 1.165) is 0 Å². The summed E-state index contributed by atoms with van der Waals surface area (Å²) >= 11 is 3.65. The van der Waals surface area contributed by atoms with Gasteiger partial charge in [-0.25, -0.2) is 0 Å². The molecular formula is C22H14S2. The first-order valence-corrected chi connectivity index (χ1v) is 9.62. The number of thiophene rings is 2. The SMILES string of the molecule is C(=C\c1cc2cc3ccccc3cc2s1)/c1ccc2ccsc2c1. The van der Waals surface area contributed by atoms with Crippen LogP contribution < -0.4 is 0 Å². The third-order valence-electron chi connectivity index (χ3n) is 4.32. The lowest BCUT2D eigenvalue weighted by molar-refractivity contribution is 1.78. The maximum Gasteiger partial charge on any atom is 0.0355 e. The monoisotopic (exact) mass is 342 g/mol. The van der Waals surface area contributed by atoms with E-state index in [2.05, 4.69) is 84.3 Å². The first-order chi connectivity index (χ1) is 11.8. The molecule has 0 unspecified atom stereocenters. The third kappa shape index (κ3) is 2.44. The van der Waals surface area contributed by atoms with Crippen molar-refractivity contribution in [3.8, 4) is 0 Å². The second-order valence-electron chi connectivity index (χ2n) is 5.94. The summed E-state index contributed by atoms with van der Waals surface area (Å²) in [6, 6.07) is 24.2. The first-order valence-electron chi connectivity index (χ1n) is 7.93. The highest BCUT2D eigenvalue weighted by Gasteiger charge is 2.02.